The van der Waals surface area contributed by atoms with Gasteiger partial charge in [-0.1, -0.05) is 30.3 Å². The number of thioether (sulfide) groups is 1. The van der Waals surface area contributed by atoms with Crippen molar-refractivity contribution in [3.8, 4) is 0 Å². The Balaban J connectivity index is 2.13. The molecule has 2 nitrogen and oxygen atoms in total. The molecule has 1 heterocycles. The van der Waals surface area contributed by atoms with Crippen molar-refractivity contribution in [2.24, 2.45) is 10.9 Å². The molecular weight excluding hydrogens is 259 g/mol. The molecule has 2 atom stereocenters. The maximum atomic E-state index is 13.1. The van der Waals surface area contributed by atoms with Crippen LogP contribution in [0, 0.1) is 11.7 Å². The van der Waals surface area contributed by atoms with Gasteiger partial charge in [-0.25, -0.2) is 4.39 Å². The van der Waals surface area contributed by atoms with Crippen LogP contribution in [0.1, 0.15) is 13.8 Å². The summed E-state index contributed by atoms with van der Waals surface area (Å²) in [6.45, 7) is 4.27. The Morgan fingerprint density at radius 2 is 2.18 bits per heavy atom. The van der Waals surface area contributed by atoms with Gasteiger partial charge in [-0.2, -0.15) is 0 Å². The quantitative estimate of drug-likeness (QED) is 0.835. The van der Waals surface area contributed by atoms with Gasteiger partial charge in [0.15, 0.2) is 5.17 Å². The van der Waals surface area contributed by atoms with E-state index in [9.17, 15) is 4.39 Å². The molecule has 1 aromatic rings. The zero-order valence-electron chi connectivity index (χ0n) is 9.71. The van der Waals surface area contributed by atoms with Crippen molar-refractivity contribution in [1.29, 1.82) is 0 Å². The number of hydrogen-bond donors (Lipinski definition) is 1. The second kappa shape index (κ2) is 5.27. The molecule has 5 heteroatoms. The Labute approximate surface area is 110 Å². The molecule has 0 amide bonds. The third kappa shape index (κ3) is 3.36. The van der Waals surface area contributed by atoms with E-state index in [1.165, 1.54) is 12.1 Å². The van der Waals surface area contributed by atoms with Gasteiger partial charge in [0, 0.05) is 16.5 Å². The molecule has 1 aromatic carbocycles. The standard InChI is InChI=1S/C12H14ClFN2S/c1-7-6-17-12(15-8(7)2)16-11-4-9(13)3-10(14)5-11/h3-5,7-8H,6H2,1-2H3,(H,15,16). The van der Waals surface area contributed by atoms with Gasteiger partial charge < -0.3 is 5.32 Å². The van der Waals surface area contributed by atoms with Crippen molar-refractivity contribution in [1.82, 2.24) is 0 Å². The van der Waals surface area contributed by atoms with Gasteiger partial charge in [0.2, 0.25) is 0 Å². The van der Waals surface area contributed by atoms with E-state index < -0.39 is 0 Å². The topological polar surface area (TPSA) is 24.4 Å². The molecule has 0 bridgehead atoms. The highest BCUT2D eigenvalue weighted by Gasteiger charge is 2.19. The molecule has 0 fully saturated rings. The van der Waals surface area contributed by atoms with Crippen molar-refractivity contribution in [2.45, 2.75) is 19.9 Å². The summed E-state index contributed by atoms with van der Waals surface area (Å²) >= 11 is 7.45. The zero-order valence-corrected chi connectivity index (χ0v) is 11.3. The van der Waals surface area contributed by atoms with Crippen LogP contribution in [-0.2, 0) is 0 Å². The average molecular weight is 273 g/mol. The Morgan fingerprint density at radius 1 is 1.41 bits per heavy atom. The van der Waals surface area contributed by atoms with Crippen molar-refractivity contribution >= 4 is 34.2 Å². The third-order valence-corrected chi connectivity index (χ3v) is 4.13. The molecular formula is C12H14ClFN2S. The molecule has 0 saturated carbocycles. The molecule has 0 radical (unpaired) electrons. The molecule has 0 aliphatic carbocycles. The Morgan fingerprint density at radius 3 is 2.82 bits per heavy atom. The van der Waals surface area contributed by atoms with Crippen LogP contribution in [0.4, 0.5) is 10.1 Å². The molecule has 0 aromatic heterocycles. The van der Waals surface area contributed by atoms with Crippen LogP contribution < -0.4 is 5.32 Å². The first-order valence-electron chi connectivity index (χ1n) is 5.48. The van der Waals surface area contributed by atoms with Gasteiger partial charge in [-0.05, 0) is 31.0 Å². The van der Waals surface area contributed by atoms with Crippen LogP contribution in [0.2, 0.25) is 5.02 Å². The molecule has 92 valence electrons. The number of anilines is 1. The van der Waals surface area contributed by atoms with E-state index in [1.807, 2.05) is 0 Å². The summed E-state index contributed by atoms with van der Waals surface area (Å²) in [5.74, 6) is 1.25. The summed E-state index contributed by atoms with van der Waals surface area (Å²) < 4.78 is 13.1. The molecule has 1 N–H and O–H groups in total. The molecule has 1 aliphatic rings. The molecule has 17 heavy (non-hydrogen) atoms. The normalized spacial score (nSPS) is 24.4. The van der Waals surface area contributed by atoms with Crippen molar-refractivity contribution < 1.29 is 4.39 Å². The first kappa shape index (κ1) is 12.7. The van der Waals surface area contributed by atoms with E-state index in [0.29, 0.717) is 22.7 Å². The van der Waals surface area contributed by atoms with Gasteiger partial charge in [0.1, 0.15) is 5.82 Å². The van der Waals surface area contributed by atoms with Gasteiger partial charge in [0.25, 0.3) is 0 Å². The monoisotopic (exact) mass is 272 g/mol. The van der Waals surface area contributed by atoms with Crippen LogP contribution in [0.15, 0.2) is 23.2 Å². The fourth-order valence-corrected chi connectivity index (χ4v) is 2.87. The number of hydrogen-bond acceptors (Lipinski definition) is 3. The second-order valence-corrected chi connectivity index (χ2v) is 5.69. The largest absolute Gasteiger partial charge is 0.335 e. The van der Waals surface area contributed by atoms with Gasteiger partial charge >= 0.3 is 0 Å². The van der Waals surface area contributed by atoms with E-state index in [-0.39, 0.29) is 5.82 Å². The van der Waals surface area contributed by atoms with E-state index in [0.717, 1.165) is 10.9 Å². The van der Waals surface area contributed by atoms with Crippen LogP contribution in [0.5, 0.6) is 0 Å². The van der Waals surface area contributed by atoms with Crippen LogP contribution in [-0.4, -0.2) is 17.0 Å². The summed E-state index contributed by atoms with van der Waals surface area (Å²) in [5.41, 5.74) is 0.642. The molecule has 0 saturated heterocycles. The lowest BCUT2D eigenvalue weighted by molar-refractivity contribution is 0.537. The van der Waals surface area contributed by atoms with Gasteiger partial charge in [-0.15, -0.1) is 0 Å². The lowest BCUT2D eigenvalue weighted by Gasteiger charge is -2.23. The Bertz CT molecular complexity index is 430. The smallest absolute Gasteiger partial charge is 0.161 e. The number of nitrogens with zero attached hydrogens (tertiary/aromatic N) is 1. The van der Waals surface area contributed by atoms with Crippen LogP contribution in [0.25, 0.3) is 0 Å². The zero-order chi connectivity index (χ0) is 12.4. The minimum Gasteiger partial charge on any atom is -0.335 e. The maximum absolute atomic E-state index is 13.1. The van der Waals surface area contributed by atoms with E-state index in [2.05, 4.69) is 24.2 Å². The van der Waals surface area contributed by atoms with Crippen molar-refractivity contribution in [3.05, 3.63) is 29.0 Å². The number of rotatable bonds is 1. The average Bonchev–Trinajstić information content (AvgIpc) is 2.22. The highest BCUT2D eigenvalue weighted by atomic mass is 35.5. The van der Waals surface area contributed by atoms with Crippen LogP contribution in [0.3, 0.4) is 0 Å². The minimum atomic E-state index is -0.345. The highest BCUT2D eigenvalue weighted by molar-refractivity contribution is 8.14. The fraction of sp³-hybridized carbons (Fsp3) is 0.417. The molecule has 1 aliphatic heterocycles. The first-order chi connectivity index (χ1) is 8.04. The number of nitrogens with one attached hydrogen (secondary N) is 1. The Kier molecular flexibility index (Phi) is 3.94. The summed E-state index contributed by atoms with van der Waals surface area (Å²) in [6.07, 6.45) is 0. The highest BCUT2D eigenvalue weighted by Crippen LogP contribution is 2.25. The van der Waals surface area contributed by atoms with E-state index >= 15 is 0 Å². The van der Waals surface area contributed by atoms with E-state index in [1.54, 1.807) is 17.8 Å². The predicted molar refractivity (Wildman–Crippen MR) is 73.6 cm³/mol. The minimum absolute atomic E-state index is 0.294. The van der Waals surface area contributed by atoms with Crippen LogP contribution >= 0.6 is 23.4 Å². The number of amidine groups is 1. The summed E-state index contributed by atoms with van der Waals surface area (Å²) in [6, 6.07) is 4.68. The number of aliphatic imine (C=N–C) groups is 1. The third-order valence-electron chi connectivity index (χ3n) is 2.74. The second-order valence-electron chi connectivity index (χ2n) is 4.25. The first-order valence-corrected chi connectivity index (χ1v) is 6.84. The SMILES string of the molecule is CC1CSC(Nc2cc(F)cc(Cl)c2)=NC1C. The lowest BCUT2D eigenvalue weighted by atomic mass is 10.1. The number of benzene rings is 1. The number of halogens is 2. The maximum Gasteiger partial charge on any atom is 0.161 e. The Hall–Kier alpha value is -0.740. The van der Waals surface area contributed by atoms with Gasteiger partial charge in [-0.3, -0.25) is 4.99 Å². The summed E-state index contributed by atoms with van der Waals surface area (Å²) in [4.78, 5) is 4.52. The predicted octanol–water partition coefficient (Wildman–Crippen LogP) is 4.02. The lowest BCUT2D eigenvalue weighted by Crippen LogP contribution is -2.25. The summed E-state index contributed by atoms with van der Waals surface area (Å²) in [5, 5.41) is 4.32. The van der Waals surface area contributed by atoms with Crippen molar-refractivity contribution in [2.75, 3.05) is 11.1 Å². The molecule has 0 spiro atoms. The summed E-state index contributed by atoms with van der Waals surface area (Å²) in [7, 11) is 0. The van der Waals surface area contributed by atoms with Gasteiger partial charge in [0.05, 0.1) is 6.04 Å². The molecule has 2 unspecified atom stereocenters. The van der Waals surface area contributed by atoms with Crippen molar-refractivity contribution in [3.63, 3.8) is 0 Å². The fourth-order valence-electron chi connectivity index (χ4n) is 1.52. The van der Waals surface area contributed by atoms with E-state index in [4.69, 9.17) is 11.6 Å². The molecule has 2 rings (SSSR count).